The summed E-state index contributed by atoms with van der Waals surface area (Å²) in [6.07, 6.45) is 0.117. The zero-order chi connectivity index (χ0) is 13.8. The molecule has 98 valence electrons. The fourth-order valence-corrected chi connectivity index (χ4v) is 1.88. The van der Waals surface area contributed by atoms with Crippen LogP contribution in [0.25, 0.3) is 0 Å². The predicted molar refractivity (Wildman–Crippen MR) is 74.3 cm³/mol. The van der Waals surface area contributed by atoms with Gasteiger partial charge in [-0.15, -0.1) is 0 Å². The fraction of sp³-hybridized carbons (Fsp3) is 0.133. The third-order valence-corrected chi connectivity index (χ3v) is 2.82. The molecular formula is C15H15FN2O. The minimum absolute atomic E-state index is 0.117. The van der Waals surface area contributed by atoms with E-state index in [1.54, 1.807) is 18.2 Å². The van der Waals surface area contributed by atoms with E-state index < -0.39 is 0 Å². The molecule has 4 heteroatoms. The Hall–Kier alpha value is -2.36. The number of carbonyl (C=O) groups is 1. The van der Waals surface area contributed by atoms with Crippen LogP contribution in [0.2, 0.25) is 0 Å². The van der Waals surface area contributed by atoms with E-state index in [0.29, 0.717) is 16.9 Å². The Kier molecular flexibility index (Phi) is 3.80. The molecule has 0 aliphatic heterocycles. The Balaban J connectivity index is 2.10. The Bertz CT molecular complexity index is 591. The summed E-state index contributed by atoms with van der Waals surface area (Å²) >= 11 is 0. The summed E-state index contributed by atoms with van der Waals surface area (Å²) < 4.78 is 13.0. The van der Waals surface area contributed by atoms with Crippen molar-refractivity contribution in [1.29, 1.82) is 0 Å². The number of hydrogen-bond acceptors (Lipinski definition) is 2. The molecule has 2 aromatic rings. The molecule has 0 unspecified atom stereocenters. The van der Waals surface area contributed by atoms with E-state index in [1.165, 1.54) is 12.1 Å². The van der Waals surface area contributed by atoms with Gasteiger partial charge in [0.15, 0.2) is 0 Å². The van der Waals surface area contributed by atoms with E-state index in [4.69, 9.17) is 5.73 Å². The van der Waals surface area contributed by atoms with Gasteiger partial charge in [-0.1, -0.05) is 24.3 Å². The average Bonchev–Trinajstić information content (AvgIpc) is 2.34. The van der Waals surface area contributed by atoms with Crippen LogP contribution in [0.4, 0.5) is 15.8 Å². The zero-order valence-corrected chi connectivity index (χ0v) is 10.6. The van der Waals surface area contributed by atoms with Crippen LogP contribution in [-0.2, 0) is 11.2 Å². The smallest absolute Gasteiger partial charge is 0.228 e. The summed E-state index contributed by atoms with van der Waals surface area (Å²) in [5.41, 5.74) is 8.47. The van der Waals surface area contributed by atoms with Crippen molar-refractivity contribution in [2.45, 2.75) is 13.3 Å². The maximum Gasteiger partial charge on any atom is 0.228 e. The average molecular weight is 258 g/mol. The lowest BCUT2D eigenvalue weighted by molar-refractivity contribution is -0.115. The quantitative estimate of drug-likeness (QED) is 0.832. The van der Waals surface area contributed by atoms with E-state index in [-0.39, 0.29) is 18.1 Å². The van der Waals surface area contributed by atoms with E-state index in [1.807, 2.05) is 19.1 Å². The molecular weight excluding hydrogens is 243 g/mol. The highest BCUT2D eigenvalue weighted by Gasteiger charge is 2.08. The number of amides is 1. The lowest BCUT2D eigenvalue weighted by Crippen LogP contribution is -2.16. The number of carbonyl (C=O) groups excluding carboxylic acids is 1. The molecule has 0 bridgehead atoms. The number of halogens is 1. The first-order chi connectivity index (χ1) is 9.06. The molecule has 0 radical (unpaired) electrons. The van der Waals surface area contributed by atoms with Crippen LogP contribution in [-0.4, -0.2) is 5.91 Å². The van der Waals surface area contributed by atoms with E-state index in [2.05, 4.69) is 5.32 Å². The second kappa shape index (κ2) is 5.52. The first-order valence-electron chi connectivity index (χ1n) is 5.95. The second-order valence-electron chi connectivity index (χ2n) is 4.39. The summed E-state index contributed by atoms with van der Waals surface area (Å²) in [5.74, 6) is -0.563. The van der Waals surface area contributed by atoms with Gasteiger partial charge in [-0.05, 0) is 36.2 Å². The Labute approximate surface area is 111 Å². The number of para-hydroxylation sites is 1. The predicted octanol–water partition coefficient (Wildman–Crippen LogP) is 2.90. The van der Waals surface area contributed by atoms with E-state index in [0.717, 1.165) is 5.56 Å². The van der Waals surface area contributed by atoms with Crippen molar-refractivity contribution < 1.29 is 9.18 Å². The molecule has 0 fully saturated rings. The molecule has 1 amide bonds. The first kappa shape index (κ1) is 13.1. The van der Waals surface area contributed by atoms with Crippen molar-refractivity contribution in [2.24, 2.45) is 0 Å². The van der Waals surface area contributed by atoms with Gasteiger partial charge in [0.2, 0.25) is 5.91 Å². The number of rotatable bonds is 3. The van der Waals surface area contributed by atoms with E-state index >= 15 is 0 Å². The minimum atomic E-state index is -0.347. The summed E-state index contributed by atoms with van der Waals surface area (Å²) in [6.45, 7) is 1.87. The number of aryl methyl sites for hydroxylation is 1. The van der Waals surface area contributed by atoms with Gasteiger partial charge in [-0.25, -0.2) is 4.39 Å². The maximum atomic E-state index is 13.0. The van der Waals surface area contributed by atoms with Crippen LogP contribution in [0.15, 0.2) is 42.5 Å². The van der Waals surface area contributed by atoms with Gasteiger partial charge < -0.3 is 11.1 Å². The van der Waals surface area contributed by atoms with Crippen LogP contribution in [0.1, 0.15) is 11.1 Å². The van der Waals surface area contributed by atoms with Crippen LogP contribution in [0.3, 0.4) is 0 Å². The second-order valence-corrected chi connectivity index (χ2v) is 4.39. The summed E-state index contributed by atoms with van der Waals surface area (Å²) in [6, 6.07) is 11.4. The monoisotopic (exact) mass is 258 g/mol. The normalized spacial score (nSPS) is 10.2. The minimum Gasteiger partial charge on any atom is -0.397 e. The lowest BCUT2D eigenvalue weighted by atomic mass is 10.1. The number of nitrogens with two attached hydrogens (primary N) is 1. The van der Waals surface area contributed by atoms with Gasteiger partial charge in [-0.2, -0.15) is 0 Å². The highest BCUT2D eigenvalue weighted by atomic mass is 19.1. The molecule has 0 heterocycles. The van der Waals surface area contributed by atoms with Crippen LogP contribution in [0.5, 0.6) is 0 Å². The number of benzene rings is 2. The SMILES string of the molecule is Cc1cccc(N)c1NC(=O)Cc1cccc(F)c1. The molecule has 0 spiro atoms. The summed E-state index contributed by atoms with van der Waals surface area (Å²) in [4.78, 5) is 11.9. The van der Waals surface area contributed by atoms with Gasteiger partial charge in [0, 0.05) is 0 Å². The molecule has 2 aromatic carbocycles. The van der Waals surface area contributed by atoms with Crippen LogP contribution >= 0.6 is 0 Å². The van der Waals surface area contributed by atoms with Gasteiger partial charge in [-0.3, -0.25) is 4.79 Å². The van der Waals surface area contributed by atoms with Crippen LogP contribution in [0, 0.1) is 12.7 Å². The molecule has 19 heavy (non-hydrogen) atoms. The number of hydrogen-bond donors (Lipinski definition) is 2. The van der Waals surface area contributed by atoms with Crippen LogP contribution < -0.4 is 11.1 Å². The molecule has 0 aromatic heterocycles. The Morgan fingerprint density at radius 2 is 2.00 bits per heavy atom. The molecule has 0 atom stereocenters. The molecule has 0 aliphatic carbocycles. The third-order valence-electron chi connectivity index (χ3n) is 2.82. The van der Waals surface area contributed by atoms with Crippen molar-refractivity contribution in [3.63, 3.8) is 0 Å². The van der Waals surface area contributed by atoms with Crippen molar-refractivity contribution >= 4 is 17.3 Å². The van der Waals surface area contributed by atoms with Gasteiger partial charge >= 0.3 is 0 Å². The Morgan fingerprint density at radius 3 is 2.68 bits per heavy atom. The lowest BCUT2D eigenvalue weighted by Gasteiger charge is -2.11. The number of nitrogen functional groups attached to an aromatic ring is 1. The first-order valence-corrected chi connectivity index (χ1v) is 5.95. The number of anilines is 2. The van der Waals surface area contributed by atoms with Gasteiger partial charge in [0.25, 0.3) is 0 Å². The Morgan fingerprint density at radius 1 is 1.26 bits per heavy atom. The highest BCUT2D eigenvalue weighted by Crippen LogP contribution is 2.22. The van der Waals surface area contributed by atoms with Crippen molar-refractivity contribution in [1.82, 2.24) is 0 Å². The van der Waals surface area contributed by atoms with Gasteiger partial charge in [0.05, 0.1) is 17.8 Å². The topological polar surface area (TPSA) is 55.1 Å². The molecule has 0 saturated carbocycles. The molecule has 0 aliphatic rings. The highest BCUT2D eigenvalue weighted by molar-refractivity contribution is 5.96. The molecule has 2 rings (SSSR count). The molecule has 3 N–H and O–H groups in total. The van der Waals surface area contributed by atoms with E-state index in [9.17, 15) is 9.18 Å². The van der Waals surface area contributed by atoms with Crippen molar-refractivity contribution in [3.05, 3.63) is 59.4 Å². The van der Waals surface area contributed by atoms with Gasteiger partial charge in [0.1, 0.15) is 5.82 Å². The van der Waals surface area contributed by atoms with Crippen molar-refractivity contribution in [3.8, 4) is 0 Å². The zero-order valence-electron chi connectivity index (χ0n) is 10.6. The molecule has 0 saturated heterocycles. The largest absolute Gasteiger partial charge is 0.397 e. The number of nitrogens with one attached hydrogen (secondary N) is 1. The fourth-order valence-electron chi connectivity index (χ4n) is 1.88. The standard InChI is InChI=1S/C15H15FN2O/c1-10-4-2-7-13(17)15(10)18-14(19)9-11-5-3-6-12(16)8-11/h2-8H,9,17H2,1H3,(H,18,19). The van der Waals surface area contributed by atoms with Crippen molar-refractivity contribution in [2.75, 3.05) is 11.1 Å². The third kappa shape index (κ3) is 3.31. The summed E-state index contributed by atoms with van der Waals surface area (Å²) in [5, 5.41) is 2.76. The molecule has 3 nitrogen and oxygen atoms in total. The maximum absolute atomic E-state index is 13.0. The summed E-state index contributed by atoms with van der Waals surface area (Å²) in [7, 11) is 0.